The van der Waals surface area contributed by atoms with Gasteiger partial charge in [-0.1, -0.05) is 0 Å². The maximum atomic E-state index is 12.1. The molecule has 0 bridgehead atoms. The van der Waals surface area contributed by atoms with E-state index in [0.29, 0.717) is 11.8 Å². The summed E-state index contributed by atoms with van der Waals surface area (Å²) in [4.78, 5) is 9.38. The Bertz CT molecular complexity index is 419. The molecule has 0 amide bonds. The van der Waals surface area contributed by atoms with E-state index < -0.39 is 10.8 Å². The zero-order valence-corrected chi connectivity index (χ0v) is 18.2. The number of nitrogens with zero attached hydrogens (tertiary/aromatic N) is 3. The maximum Gasteiger partial charge on any atom is 0.193 e. The number of likely N-dealkylation sites (tertiary alicyclic amines) is 2. The predicted octanol–water partition coefficient (Wildman–Crippen LogP) is 1.90. The fraction of sp³-hybridized carbons (Fsp3) is 0.938. The normalized spacial score (nSPS) is 24.6. The lowest BCUT2D eigenvalue weighted by Gasteiger charge is -2.25. The van der Waals surface area contributed by atoms with Gasteiger partial charge in [-0.05, 0) is 53.1 Å². The molecule has 2 unspecified atom stereocenters. The van der Waals surface area contributed by atoms with Gasteiger partial charge in [-0.3, -0.25) is 14.1 Å². The molecular weight excluding hydrogens is 423 g/mol. The van der Waals surface area contributed by atoms with E-state index in [1.807, 2.05) is 27.8 Å². The van der Waals surface area contributed by atoms with Gasteiger partial charge in [-0.2, -0.15) is 0 Å². The molecule has 7 heteroatoms. The van der Waals surface area contributed by atoms with E-state index in [0.717, 1.165) is 25.6 Å². The molecule has 0 aromatic rings. The van der Waals surface area contributed by atoms with Crippen molar-refractivity contribution in [1.82, 2.24) is 15.1 Å². The van der Waals surface area contributed by atoms with Crippen molar-refractivity contribution >= 4 is 40.7 Å². The van der Waals surface area contributed by atoms with Gasteiger partial charge in [0.25, 0.3) is 0 Å². The summed E-state index contributed by atoms with van der Waals surface area (Å²) in [6.07, 6.45) is 3.93. The van der Waals surface area contributed by atoms with Crippen LogP contribution < -0.4 is 5.32 Å². The topological polar surface area (TPSA) is 47.9 Å². The second kappa shape index (κ2) is 9.56. The van der Waals surface area contributed by atoms with E-state index in [-0.39, 0.29) is 28.7 Å². The van der Waals surface area contributed by atoms with Crippen LogP contribution in [0, 0.1) is 0 Å². The minimum absolute atomic E-state index is 0. The third-order valence-electron chi connectivity index (χ3n) is 4.59. The Labute approximate surface area is 161 Å². The lowest BCUT2D eigenvalue weighted by atomic mass is 10.2. The van der Waals surface area contributed by atoms with Crippen molar-refractivity contribution < 1.29 is 4.21 Å². The van der Waals surface area contributed by atoms with Crippen LogP contribution >= 0.6 is 24.0 Å². The van der Waals surface area contributed by atoms with Crippen molar-refractivity contribution in [3.8, 4) is 0 Å². The molecule has 2 aliphatic heterocycles. The first-order valence-corrected chi connectivity index (χ1v) is 9.82. The van der Waals surface area contributed by atoms with Crippen molar-refractivity contribution in [2.45, 2.75) is 50.8 Å². The summed E-state index contributed by atoms with van der Waals surface area (Å²) in [5.41, 5.74) is 0. The third-order valence-corrected chi connectivity index (χ3v) is 6.53. The first-order valence-electron chi connectivity index (χ1n) is 8.50. The largest absolute Gasteiger partial charge is 0.355 e. The smallest absolute Gasteiger partial charge is 0.193 e. The molecule has 0 radical (unpaired) electrons. The Morgan fingerprint density at radius 1 is 1.26 bits per heavy atom. The lowest BCUT2D eigenvalue weighted by molar-refractivity contribution is 0.249. The molecule has 2 rings (SSSR count). The van der Waals surface area contributed by atoms with E-state index in [9.17, 15) is 4.21 Å². The highest BCUT2D eigenvalue weighted by Gasteiger charge is 2.30. The summed E-state index contributed by atoms with van der Waals surface area (Å²) < 4.78 is 12.0. The molecule has 0 saturated carbocycles. The average Bonchev–Trinajstić information content (AvgIpc) is 3.12. The van der Waals surface area contributed by atoms with E-state index in [2.05, 4.69) is 20.1 Å². The van der Waals surface area contributed by atoms with Crippen LogP contribution in [0.25, 0.3) is 0 Å². The first-order chi connectivity index (χ1) is 10.4. The van der Waals surface area contributed by atoms with Crippen molar-refractivity contribution in [3.05, 3.63) is 0 Å². The predicted molar refractivity (Wildman–Crippen MR) is 110 cm³/mol. The molecule has 2 aliphatic rings. The zero-order valence-electron chi connectivity index (χ0n) is 15.0. The Kier molecular flexibility index (Phi) is 8.79. The van der Waals surface area contributed by atoms with Crippen molar-refractivity contribution in [1.29, 1.82) is 0 Å². The Morgan fingerprint density at radius 2 is 1.91 bits per heavy atom. The van der Waals surface area contributed by atoms with Crippen LogP contribution in [0.3, 0.4) is 0 Å². The molecule has 23 heavy (non-hydrogen) atoms. The number of rotatable bonds is 4. The molecule has 0 aliphatic carbocycles. The molecule has 5 nitrogen and oxygen atoms in total. The number of aliphatic imine (C=N–C) groups is 1. The van der Waals surface area contributed by atoms with E-state index in [1.54, 1.807) is 0 Å². The van der Waals surface area contributed by atoms with Crippen LogP contribution in [0.1, 0.15) is 40.0 Å². The highest BCUT2D eigenvalue weighted by molar-refractivity contribution is 14.0. The number of hydrogen-bond donors (Lipinski definition) is 1. The molecule has 2 heterocycles. The van der Waals surface area contributed by atoms with E-state index >= 15 is 0 Å². The molecule has 0 aromatic heterocycles. The van der Waals surface area contributed by atoms with Crippen LogP contribution in [-0.4, -0.2) is 76.3 Å². The number of nitrogens with one attached hydrogen (secondary N) is 1. The van der Waals surface area contributed by atoms with Gasteiger partial charge in [-0.25, -0.2) is 0 Å². The van der Waals surface area contributed by atoms with Crippen LogP contribution in [0.15, 0.2) is 4.99 Å². The summed E-state index contributed by atoms with van der Waals surface area (Å²) in [6, 6.07) is 0.685. The van der Waals surface area contributed by atoms with Crippen LogP contribution in [-0.2, 0) is 10.8 Å². The summed E-state index contributed by atoms with van der Waals surface area (Å²) in [5.74, 6) is 1.64. The van der Waals surface area contributed by atoms with Gasteiger partial charge < -0.3 is 10.2 Å². The molecule has 2 fully saturated rings. The molecule has 1 N–H and O–H groups in total. The van der Waals surface area contributed by atoms with Gasteiger partial charge in [0.05, 0.1) is 0 Å². The standard InChI is InChI=1S/C16H32N4OS.HI/c1-16(2,3)22(21)12-8-18-15(17-4)20-11-7-14(13-20)19-9-5-6-10-19;/h14H,5-13H2,1-4H3,(H,17,18);1H. The monoisotopic (exact) mass is 456 g/mol. The highest BCUT2D eigenvalue weighted by Crippen LogP contribution is 2.20. The summed E-state index contributed by atoms with van der Waals surface area (Å²) in [5, 5.41) is 3.39. The van der Waals surface area contributed by atoms with Crippen molar-refractivity contribution in [2.24, 2.45) is 4.99 Å². The van der Waals surface area contributed by atoms with Crippen molar-refractivity contribution in [2.75, 3.05) is 45.5 Å². The zero-order chi connectivity index (χ0) is 16.2. The summed E-state index contributed by atoms with van der Waals surface area (Å²) >= 11 is 0. The van der Waals surface area contributed by atoms with Gasteiger partial charge in [-0.15, -0.1) is 24.0 Å². The van der Waals surface area contributed by atoms with Crippen LogP contribution in [0.4, 0.5) is 0 Å². The Morgan fingerprint density at radius 3 is 2.48 bits per heavy atom. The van der Waals surface area contributed by atoms with Crippen LogP contribution in [0.5, 0.6) is 0 Å². The van der Waals surface area contributed by atoms with Gasteiger partial charge in [0, 0.05) is 54.0 Å². The molecule has 2 saturated heterocycles. The van der Waals surface area contributed by atoms with Gasteiger partial charge in [0.15, 0.2) is 5.96 Å². The number of guanidine groups is 1. The second-order valence-corrected chi connectivity index (χ2v) is 9.59. The molecular formula is C16H33IN4OS. The molecule has 2 atom stereocenters. The number of hydrogen-bond acceptors (Lipinski definition) is 3. The van der Waals surface area contributed by atoms with E-state index in [4.69, 9.17) is 0 Å². The van der Waals surface area contributed by atoms with Gasteiger partial charge in [0.1, 0.15) is 0 Å². The Balaban J connectivity index is 0.00000264. The fourth-order valence-electron chi connectivity index (χ4n) is 3.23. The molecule has 0 spiro atoms. The lowest BCUT2D eigenvalue weighted by Crippen LogP contribution is -2.44. The highest BCUT2D eigenvalue weighted by atomic mass is 127. The Hall–Kier alpha value is 0.110. The molecule has 0 aromatic carbocycles. The third kappa shape index (κ3) is 6.16. The second-order valence-electron chi connectivity index (χ2n) is 7.27. The van der Waals surface area contributed by atoms with Crippen molar-refractivity contribution in [3.63, 3.8) is 0 Å². The molecule has 136 valence electrons. The summed E-state index contributed by atoms with van der Waals surface area (Å²) in [6.45, 7) is 11.5. The average molecular weight is 456 g/mol. The quantitative estimate of drug-likeness (QED) is 0.399. The van der Waals surface area contributed by atoms with E-state index in [1.165, 1.54) is 32.4 Å². The van der Waals surface area contributed by atoms with Gasteiger partial charge in [0.2, 0.25) is 0 Å². The summed E-state index contributed by atoms with van der Waals surface area (Å²) in [7, 11) is 1.03. The van der Waals surface area contributed by atoms with Gasteiger partial charge >= 0.3 is 0 Å². The minimum atomic E-state index is -0.810. The fourth-order valence-corrected chi connectivity index (χ4v) is 4.13. The maximum absolute atomic E-state index is 12.1. The number of halogens is 1. The van der Waals surface area contributed by atoms with Crippen LogP contribution in [0.2, 0.25) is 0 Å². The first kappa shape index (κ1) is 21.2. The minimum Gasteiger partial charge on any atom is -0.355 e. The SMILES string of the molecule is CN=C(NCCS(=O)C(C)(C)C)N1CCC(N2CCCC2)C1.I.